The van der Waals surface area contributed by atoms with Crippen LogP contribution < -0.4 is 9.47 Å². The van der Waals surface area contributed by atoms with Gasteiger partial charge in [-0.1, -0.05) is 21.1 Å². The number of benzene rings is 2. The molecule has 0 bridgehead atoms. The van der Waals surface area contributed by atoms with Gasteiger partial charge in [0.25, 0.3) is 0 Å². The molecule has 0 fully saturated rings. The van der Waals surface area contributed by atoms with Crippen molar-refractivity contribution in [2.75, 3.05) is 27.9 Å². The van der Waals surface area contributed by atoms with Gasteiger partial charge in [0.1, 0.15) is 25.2 Å². The molecule has 2 rings (SSSR count). The van der Waals surface area contributed by atoms with E-state index < -0.39 is 29.0 Å². The summed E-state index contributed by atoms with van der Waals surface area (Å²) in [5, 5.41) is 3.39. The predicted octanol–water partition coefficient (Wildman–Crippen LogP) is 3.82. The number of halogens is 2. The van der Waals surface area contributed by atoms with Gasteiger partial charge in [0.05, 0.1) is 36.4 Å². The number of alkyl halides is 2. The minimum Gasteiger partial charge on any atom is -0.497 e. The highest BCUT2D eigenvalue weighted by Gasteiger charge is 2.33. The van der Waals surface area contributed by atoms with Crippen molar-refractivity contribution in [3.63, 3.8) is 0 Å². The summed E-state index contributed by atoms with van der Waals surface area (Å²) >= 11 is 3.25. The van der Waals surface area contributed by atoms with E-state index in [-0.39, 0.29) is 17.7 Å². The van der Waals surface area contributed by atoms with Crippen LogP contribution in [0.2, 0.25) is 0 Å². The summed E-state index contributed by atoms with van der Waals surface area (Å²) in [5.41, 5.74) is 0.483. The van der Waals surface area contributed by atoms with E-state index in [4.69, 9.17) is 18.9 Å². The minimum atomic E-state index is -1.83. The summed E-state index contributed by atoms with van der Waals surface area (Å²) in [4.78, 5) is 28.4. The number of hydrogen-bond donors (Lipinski definition) is 0. The fraction of sp³-hybridized carbons (Fsp3) is 0.318. The van der Waals surface area contributed by atoms with Gasteiger partial charge in [-0.05, 0) is 48.5 Å². The molecule has 2 aromatic rings. The number of methoxy groups -OCH3 is 2. The highest BCUT2D eigenvalue weighted by atomic mass is 79.9. The number of carbonyl (C=O) groups is 2. The van der Waals surface area contributed by atoms with Crippen LogP contribution in [-0.4, -0.2) is 63.2 Å². The molecule has 32 heavy (non-hydrogen) atoms. The van der Waals surface area contributed by atoms with E-state index in [0.29, 0.717) is 11.5 Å². The van der Waals surface area contributed by atoms with Gasteiger partial charge < -0.3 is 23.8 Å². The van der Waals surface area contributed by atoms with Crippen molar-refractivity contribution >= 4 is 34.1 Å². The second kappa shape index (κ2) is 12.7. The highest BCUT2D eigenvalue weighted by Crippen LogP contribution is 2.20. The first-order chi connectivity index (χ1) is 15.4. The summed E-state index contributed by atoms with van der Waals surface area (Å²) in [6.07, 6.45) is -2.33. The first-order valence-electron chi connectivity index (χ1n) is 9.40. The minimum absolute atomic E-state index is 0.196. The number of esters is 2. The Hall–Kier alpha value is -3.14. The van der Waals surface area contributed by atoms with E-state index in [0.717, 1.165) is 6.21 Å². The molecular weight excluding hydrogens is 489 g/mol. The molecule has 0 heterocycles. The van der Waals surface area contributed by atoms with Crippen LogP contribution in [-0.2, 0) is 14.3 Å². The average molecular weight is 512 g/mol. The van der Waals surface area contributed by atoms with Crippen LogP contribution in [0.15, 0.2) is 53.7 Å². The lowest BCUT2D eigenvalue weighted by atomic mass is 10.1. The third-order valence-electron chi connectivity index (χ3n) is 4.25. The van der Waals surface area contributed by atoms with Crippen molar-refractivity contribution in [2.24, 2.45) is 5.16 Å². The first-order valence-corrected chi connectivity index (χ1v) is 10.3. The zero-order chi connectivity index (χ0) is 23.5. The number of ether oxygens (including phenoxy) is 4. The molecule has 10 heteroatoms. The third kappa shape index (κ3) is 7.23. The van der Waals surface area contributed by atoms with E-state index in [9.17, 15) is 14.0 Å². The van der Waals surface area contributed by atoms with Gasteiger partial charge in [-0.15, -0.1) is 0 Å². The van der Waals surface area contributed by atoms with Crippen LogP contribution in [0.5, 0.6) is 11.5 Å². The normalized spacial score (nSPS) is 13.7. The summed E-state index contributed by atoms with van der Waals surface area (Å²) in [5.74, 6) is -0.254. The maximum Gasteiger partial charge on any atom is 0.338 e. The third-order valence-corrected chi connectivity index (χ3v) is 5.03. The molecule has 172 valence electrons. The van der Waals surface area contributed by atoms with Crippen LogP contribution in [0.4, 0.5) is 4.39 Å². The van der Waals surface area contributed by atoms with Gasteiger partial charge in [0, 0.05) is 0 Å². The van der Waals surface area contributed by atoms with Crippen LogP contribution in [0, 0.1) is 0 Å². The van der Waals surface area contributed by atoms with E-state index in [2.05, 4.69) is 25.9 Å². The van der Waals surface area contributed by atoms with Gasteiger partial charge >= 0.3 is 11.9 Å². The van der Waals surface area contributed by atoms with Crippen molar-refractivity contribution in [2.45, 2.75) is 17.1 Å². The second-order valence-corrected chi connectivity index (χ2v) is 7.50. The summed E-state index contributed by atoms with van der Waals surface area (Å²) in [6.45, 7) is -0.271. The number of rotatable bonds is 11. The molecule has 8 nitrogen and oxygen atoms in total. The van der Waals surface area contributed by atoms with Crippen molar-refractivity contribution < 1.29 is 37.8 Å². The summed E-state index contributed by atoms with van der Waals surface area (Å²) in [6, 6.07) is 12.4. The molecule has 0 aliphatic carbocycles. The Labute approximate surface area is 193 Å². The predicted molar refractivity (Wildman–Crippen MR) is 119 cm³/mol. The van der Waals surface area contributed by atoms with Crippen LogP contribution in [0.1, 0.15) is 20.7 Å². The highest BCUT2D eigenvalue weighted by molar-refractivity contribution is 9.09. The smallest absolute Gasteiger partial charge is 0.338 e. The van der Waals surface area contributed by atoms with Crippen molar-refractivity contribution in [3.8, 4) is 11.5 Å². The fourth-order valence-electron chi connectivity index (χ4n) is 2.52. The van der Waals surface area contributed by atoms with Gasteiger partial charge in [-0.2, -0.15) is 0 Å². The molecule has 3 atom stereocenters. The number of hydrogen-bond acceptors (Lipinski definition) is 8. The zero-order valence-corrected chi connectivity index (χ0v) is 19.3. The maximum atomic E-state index is 14.7. The lowest BCUT2D eigenvalue weighted by Gasteiger charge is -2.24. The molecule has 0 aliphatic heterocycles. The Balaban J connectivity index is 2.07. The summed E-state index contributed by atoms with van der Waals surface area (Å²) in [7, 11) is 4.26. The lowest BCUT2D eigenvalue weighted by molar-refractivity contribution is 0.00846. The van der Waals surface area contributed by atoms with Gasteiger partial charge in [0.15, 0.2) is 12.3 Å². The van der Waals surface area contributed by atoms with Crippen molar-refractivity contribution in [1.82, 2.24) is 0 Å². The standard InChI is InChI=1S/C22H23BrFNO7/c1-28-16-8-4-14(5-9-16)21(26)31-13-18(23)20(19(24)12-25-30-3)32-22(27)15-6-10-17(29-2)11-7-15/h4-12,18-20H,13H2,1-3H3/t18-,19+,20+/m0/s1. The van der Waals surface area contributed by atoms with Gasteiger partial charge in [-0.3, -0.25) is 0 Å². The lowest BCUT2D eigenvalue weighted by Crippen LogP contribution is -2.39. The molecule has 0 amide bonds. The summed E-state index contributed by atoms with van der Waals surface area (Å²) < 4.78 is 35.4. The molecule has 0 spiro atoms. The molecule has 0 unspecified atom stereocenters. The average Bonchev–Trinajstić information content (AvgIpc) is 2.83. The monoisotopic (exact) mass is 511 g/mol. The molecule has 0 aromatic heterocycles. The van der Waals surface area contributed by atoms with E-state index in [1.54, 1.807) is 24.3 Å². The number of oxime groups is 1. The quantitative estimate of drug-likeness (QED) is 0.196. The number of nitrogens with zero attached hydrogens (tertiary/aromatic N) is 1. The molecule has 2 aromatic carbocycles. The molecular formula is C22H23BrFNO7. The van der Waals surface area contributed by atoms with Crippen molar-refractivity contribution in [3.05, 3.63) is 59.7 Å². The van der Waals surface area contributed by atoms with Crippen LogP contribution in [0.25, 0.3) is 0 Å². The van der Waals surface area contributed by atoms with Crippen LogP contribution in [0.3, 0.4) is 0 Å². The first kappa shape index (κ1) is 25.1. The molecule has 0 aliphatic rings. The Bertz CT molecular complexity index is 906. The topological polar surface area (TPSA) is 92.7 Å². The van der Waals surface area contributed by atoms with E-state index >= 15 is 0 Å². The van der Waals surface area contributed by atoms with Gasteiger partial charge in [0.2, 0.25) is 0 Å². The van der Waals surface area contributed by atoms with Gasteiger partial charge in [-0.25, -0.2) is 14.0 Å². The fourth-order valence-corrected chi connectivity index (χ4v) is 3.05. The second-order valence-electron chi connectivity index (χ2n) is 6.32. The number of carbonyl (C=O) groups excluding carboxylic acids is 2. The van der Waals surface area contributed by atoms with Crippen molar-refractivity contribution in [1.29, 1.82) is 0 Å². The molecule has 0 N–H and O–H groups in total. The largest absolute Gasteiger partial charge is 0.497 e. The van der Waals surface area contributed by atoms with Crippen LogP contribution >= 0.6 is 15.9 Å². The Morgan fingerprint density at radius 1 is 0.938 bits per heavy atom. The maximum absolute atomic E-state index is 14.7. The molecule has 0 saturated carbocycles. The molecule has 0 radical (unpaired) electrons. The Morgan fingerprint density at radius 2 is 1.44 bits per heavy atom. The molecule has 0 saturated heterocycles. The van der Waals surface area contributed by atoms with E-state index in [1.165, 1.54) is 45.6 Å². The Morgan fingerprint density at radius 3 is 1.91 bits per heavy atom. The Kier molecular flexibility index (Phi) is 9.93. The van der Waals surface area contributed by atoms with E-state index in [1.807, 2.05) is 0 Å². The zero-order valence-electron chi connectivity index (χ0n) is 17.7. The SMILES string of the molecule is CON=C[C@@H](F)[C@H](OC(=O)c1ccc(OC)cc1)[C@@H](Br)COC(=O)c1ccc(OC)cc1.